The van der Waals surface area contributed by atoms with E-state index in [9.17, 15) is 4.39 Å². The molecule has 128 valence electrons. The van der Waals surface area contributed by atoms with Gasteiger partial charge in [0.2, 0.25) is 0 Å². The predicted molar refractivity (Wildman–Crippen MR) is 97.0 cm³/mol. The van der Waals surface area contributed by atoms with Crippen LogP contribution in [0.4, 0.5) is 33.1 Å². The van der Waals surface area contributed by atoms with Crippen LogP contribution in [0.3, 0.4) is 0 Å². The van der Waals surface area contributed by atoms with Gasteiger partial charge in [-0.15, -0.1) is 0 Å². The zero-order chi connectivity index (χ0) is 17.6. The summed E-state index contributed by atoms with van der Waals surface area (Å²) in [5.74, 6) is 1.01. The summed E-state index contributed by atoms with van der Waals surface area (Å²) in [5.41, 5.74) is 7.43. The van der Waals surface area contributed by atoms with E-state index in [4.69, 9.17) is 10.5 Å². The van der Waals surface area contributed by atoms with Gasteiger partial charge in [0.15, 0.2) is 11.6 Å². The Hall–Kier alpha value is -3.35. The SMILES string of the molecule is CCOc1ccccc1Nc1ncnc(Nc2ccccc2F)c1N. The molecule has 0 saturated carbocycles. The van der Waals surface area contributed by atoms with Crippen molar-refractivity contribution in [3.63, 3.8) is 0 Å². The van der Waals surface area contributed by atoms with Crippen molar-refractivity contribution in [3.05, 3.63) is 60.7 Å². The molecule has 1 heterocycles. The number of anilines is 5. The van der Waals surface area contributed by atoms with E-state index in [1.54, 1.807) is 18.2 Å². The molecule has 6 nitrogen and oxygen atoms in total. The summed E-state index contributed by atoms with van der Waals surface area (Å²) in [6.45, 7) is 2.45. The number of para-hydroxylation sites is 3. The second-order valence-corrected chi connectivity index (χ2v) is 5.14. The Labute approximate surface area is 144 Å². The Kier molecular flexibility index (Phi) is 4.94. The summed E-state index contributed by atoms with van der Waals surface area (Å²) in [5, 5.41) is 6.02. The van der Waals surface area contributed by atoms with Gasteiger partial charge < -0.3 is 21.1 Å². The van der Waals surface area contributed by atoms with Gasteiger partial charge in [-0.25, -0.2) is 14.4 Å². The Balaban J connectivity index is 1.88. The maximum atomic E-state index is 13.8. The average molecular weight is 339 g/mol. The number of nitrogen functional groups attached to an aromatic ring is 1. The minimum atomic E-state index is -0.392. The van der Waals surface area contributed by atoms with E-state index in [2.05, 4.69) is 20.6 Å². The zero-order valence-electron chi connectivity index (χ0n) is 13.7. The molecule has 0 spiro atoms. The number of hydrogen-bond acceptors (Lipinski definition) is 6. The second kappa shape index (κ2) is 7.48. The van der Waals surface area contributed by atoms with Crippen LogP contribution in [0, 0.1) is 5.82 Å². The number of benzene rings is 2. The van der Waals surface area contributed by atoms with Crippen molar-refractivity contribution < 1.29 is 9.13 Å². The summed E-state index contributed by atoms with van der Waals surface area (Å²) < 4.78 is 19.4. The largest absolute Gasteiger partial charge is 0.492 e. The lowest BCUT2D eigenvalue weighted by atomic mass is 10.2. The average Bonchev–Trinajstić information content (AvgIpc) is 2.62. The van der Waals surface area contributed by atoms with E-state index >= 15 is 0 Å². The minimum Gasteiger partial charge on any atom is -0.492 e. The molecule has 0 saturated heterocycles. The molecular weight excluding hydrogens is 321 g/mol. The number of nitrogens with two attached hydrogens (primary N) is 1. The van der Waals surface area contributed by atoms with Crippen molar-refractivity contribution in [1.82, 2.24) is 9.97 Å². The van der Waals surface area contributed by atoms with Gasteiger partial charge in [0.05, 0.1) is 18.0 Å². The highest BCUT2D eigenvalue weighted by Gasteiger charge is 2.12. The van der Waals surface area contributed by atoms with Crippen LogP contribution in [-0.2, 0) is 0 Å². The Bertz CT molecular complexity index is 872. The molecule has 0 aliphatic heterocycles. The number of halogens is 1. The van der Waals surface area contributed by atoms with Crippen molar-refractivity contribution in [2.75, 3.05) is 23.0 Å². The van der Waals surface area contributed by atoms with E-state index in [1.165, 1.54) is 12.4 Å². The molecule has 0 bridgehead atoms. The fourth-order valence-electron chi connectivity index (χ4n) is 2.26. The standard InChI is InChI=1S/C18H18FN5O/c1-2-25-15-10-6-5-9-14(15)24-18-16(20)17(21-11-22-18)23-13-8-4-3-7-12(13)19/h3-11H,2,20H2,1H3,(H2,21,22,23,24). The Morgan fingerprint density at radius 1 is 0.960 bits per heavy atom. The maximum absolute atomic E-state index is 13.8. The normalized spacial score (nSPS) is 10.3. The van der Waals surface area contributed by atoms with Gasteiger partial charge in [-0.05, 0) is 31.2 Å². The van der Waals surface area contributed by atoms with E-state index < -0.39 is 5.82 Å². The molecule has 3 rings (SSSR count). The molecule has 3 aromatic rings. The number of ether oxygens (including phenoxy) is 1. The quantitative estimate of drug-likeness (QED) is 0.627. The lowest BCUT2D eigenvalue weighted by Crippen LogP contribution is -2.06. The van der Waals surface area contributed by atoms with Gasteiger partial charge in [0.25, 0.3) is 0 Å². The summed E-state index contributed by atoms with van der Waals surface area (Å²) >= 11 is 0. The van der Waals surface area contributed by atoms with Crippen LogP contribution in [0.1, 0.15) is 6.92 Å². The minimum absolute atomic E-state index is 0.275. The first-order valence-electron chi connectivity index (χ1n) is 7.80. The number of nitrogens with zero attached hydrogens (tertiary/aromatic N) is 2. The first-order chi connectivity index (χ1) is 12.2. The van der Waals surface area contributed by atoms with E-state index in [0.29, 0.717) is 24.0 Å². The summed E-state index contributed by atoms with van der Waals surface area (Å²) in [7, 11) is 0. The van der Waals surface area contributed by atoms with Crippen LogP contribution < -0.4 is 21.1 Å². The lowest BCUT2D eigenvalue weighted by Gasteiger charge is -2.15. The zero-order valence-corrected chi connectivity index (χ0v) is 13.7. The van der Waals surface area contributed by atoms with Crippen molar-refractivity contribution in [1.29, 1.82) is 0 Å². The lowest BCUT2D eigenvalue weighted by molar-refractivity contribution is 0.342. The molecule has 7 heteroatoms. The molecule has 0 radical (unpaired) electrons. The maximum Gasteiger partial charge on any atom is 0.159 e. The van der Waals surface area contributed by atoms with Gasteiger partial charge in [-0.3, -0.25) is 0 Å². The van der Waals surface area contributed by atoms with E-state index in [1.807, 2.05) is 31.2 Å². The van der Waals surface area contributed by atoms with Crippen LogP contribution in [-0.4, -0.2) is 16.6 Å². The number of aromatic nitrogens is 2. The van der Waals surface area contributed by atoms with Gasteiger partial charge in [0, 0.05) is 0 Å². The predicted octanol–water partition coefficient (Wildman–Crippen LogP) is 4.08. The second-order valence-electron chi connectivity index (χ2n) is 5.14. The fraction of sp³-hybridized carbons (Fsp3) is 0.111. The molecule has 1 aromatic heterocycles. The molecule has 0 fully saturated rings. The third-order valence-corrected chi connectivity index (χ3v) is 3.45. The highest BCUT2D eigenvalue weighted by Crippen LogP contribution is 2.32. The topological polar surface area (TPSA) is 85.1 Å². The first kappa shape index (κ1) is 16.5. The third kappa shape index (κ3) is 3.77. The van der Waals surface area contributed by atoms with Gasteiger partial charge in [0.1, 0.15) is 23.6 Å². The van der Waals surface area contributed by atoms with Crippen LogP contribution in [0.25, 0.3) is 0 Å². The number of nitrogens with one attached hydrogen (secondary N) is 2. The van der Waals surface area contributed by atoms with Crippen LogP contribution >= 0.6 is 0 Å². The van der Waals surface area contributed by atoms with Crippen LogP contribution in [0.15, 0.2) is 54.9 Å². The Morgan fingerprint density at radius 2 is 1.56 bits per heavy atom. The fourth-order valence-corrected chi connectivity index (χ4v) is 2.26. The molecule has 0 amide bonds. The molecule has 2 aromatic carbocycles. The molecule has 0 aliphatic carbocycles. The highest BCUT2D eigenvalue weighted by molar-refractivity contribution is 5.81. The van der Waals surface area contributed by atoms with Crippen LogP contribution in [0.5, 0.6) is 5.75 Å². The van der Waals surface area contributed by atoms with E-state index in [0.717, 1.165) is 5.69 Å². The Morgan fingerprint density at radius 3 is 2.24 bits per heavy atom. The number of hydrogen-bond donors (Lipinski definition) is 3. The van der Waals surface area contributed by atoms with E-state index in [-0.39, 0.29) is 11.4 Å². The van der Waals surface area contributed by atoms with Crippen LogP contribution in [0.2, 0.25) is 0 Å². The highest BCUT2D eigenvalue weighted by atomic mass is 19.1. The summed E-state index contributed by atoms with van der Waals surface area (Å²) in [6, 6.07) is 13.8. The number of rotatable bonds is 6. The summed E-state index contributed by atoms with van der Waals surface area (Å²) in [6.07, 6.45) is 1.35. The van der Waals surface area contributed by atoms with Crippen molar-refractivity contribution in [3.8, 4) is 5.75 Å². The third-order valence-electron chi connectivity index (χ3n) is 3.45. The first-order valence-corrected chi connectivity index (χ1v) is 7.80. The molecule has 25 heavy (non-hydrogen) atoms. The summed E-state index contributed by atoms with van der Waals surface area (Å²) in [4.78, 5) is 8.25. The molecule has 4 N–H and O–H groups in total. The van der Waals surface area contributed by atoms with Crippen molar-refractivity contribution in [2.24, 2.45) is 0 Å². The van der Waals surface area contributed by atoms with Gasteiger partial charge in [-0.2, -0.15) is 0 Å². The molecule has 0 aliphatic rings. The van der Waals surface area contributed by atoms with Crippen molar-refractivity contribution >= 4 is 28.7 Å². The van der Waals surface area contributed by atoms with Crippen molar-refractivity contribution in [2.45, 2.75) is 6.92 Å². The van der Waals surface area contributed by atoms with Gasteiger partial charge >= 0.3 is 0 Å². The molecular formula is C18H18FN5O. The smallest absolute Gasteiger partial charge is 0.159 e. The monoisotopic (exact) mass is 339 g/mol. The molecule has 0 unspecified atom stereocenters. The van der Waals surface area contributed by atoms with Gasteiger partial charge in [-0.1, -0.05) is 24.3 Å². The molecule has 0 atom stereocenters.